The van der Waals surface area contributed by atoms with Crippen LogP contribution in [-0.2, 0) is 22.7 Å². The zero-order valence-electron chi connectivity index (χ0n) is 14.6. The lowest BCUT2D eigenvalue weighted by Crippen LogP contribution is -2.23. The highest BCUT2D eigenvalue weighted by Crippen LogP contribution is 2.24. The van der Waals surface area contributed by atoms with Gasteiger partial charge in [-0.05, 0) is 35.6 Å². The van der Waals surface area contributed by atoms with Crippen molar-refractivity contribution in [1.29, 1.82) is 0 Å². The van der Waals surface area contributed by atoms with Crippen LogP contribution in [0.2, 0.25) is 0 Å². The summed E-state index contributed by atoms with van der Waals surface area (Å²) in [4.78, 5) is 31.0. The number of esters is 1. The van der Waals surface area contributed by atoms with E-state index >= 15 is 0 Å². The van der Waals surface area contributed by atoms with Gasteiger partial charge in [0, 0.05) is 19.5 Å². The van der Waals surface area contributed by atoms with Crippen molar-refractivity contribution in [2.75, 3.05) is 6.54 Å². The Morgan fingerprint density at radius 2 is 2.11 bits per heavy atom. The summed E-state index contributed by atoms with van der Waals surface area (Å²) in [5.74, 6) is 0.296. The number of hydrogen-bond donors (Lipinski definition) is 0. The van der Waals surface area contributed by atoms with Crippen molar-refractivity contribution in [3.63, 3.8) is 0 Å². The van der Waals surface area contributed by atoms with Crippen molar-refractivity contribution >= 4 is 23.2 Å². The lowest BCUT2D eigenvalue weighted by Gasteiger charge is -2.15. The van der Waals surface area contributed by atoms with Crippen molar-refractivity contribution in [1.82, 2.24) is 9.88 Å². The standard InChI is InChI=1S/C20H18N2O4S/c23-18-4-1-9-22(18)11-14-5-7-15(8-6-14)20(24)26-13-16-12-25-19(21-16)17-3-2-10-27-17/h2-3,5-8,10,12H,1,4,9,11,13H2. The third kappa shape index (κ3) is 4.09. The average Bonchev–Trinajstić information content (AvgIpc) is 3.43. The van der Waals surface area contributed by atoms with Gasteiger partial charge in [-0.1, -0.05) is 18.2 Å². The Bertz CT molecular complexity index is 931. The van der Waals surface area contributed by atoms with Crippen LogP contribution in [-0.4, -0.2) is 28.3 Å². The van der Waals surface area contributed by atoms with Crippen LogP contribution in [0.3, 0.4) is 0 Å². The van der Waals surface area contributed by atoms with Gasteiger partial charge in [-0.25, -0.2) is 9.78 Å². The van der Waals surface area contributed by atoms with Gasteiger partial charge in [-0.2, -0.15) is 0 Å². The average molecular weight is 382 g/mol. The maximum absolute atomic E-state index is 12.2. The number of nitrogens with zero attached hydrogens (tertiary/aromatic N) is 2. The summed E-state index contributed by atoms with van der Waals surface area (Å²) in [7, 11) is 0. The van der Waals surface area contributed by atoms with Gasteiger partial charge in [-0.3, -0.25) is 4.79 Å². The summed E-state index contributed by atoms with van der Waals surface area (Å²) in [6.45, 7) is 1.43. The molecule has 1 aliphatic rings. The van der Waals surface area contributed by atoms with E-state index in [-0.39, 0.29) is 12.5 Å². The highest BCUT2D eigenvalue weighted by atomic mass is 32.1. The van der Waals surface area contributed by atoms with Gasteiger partial charge in [0.2, 0.25) is 11.8 Å². The summed E-state index contributed by atoms with van der Waals surface area (Å²) in [6.07, 6.45) is 3.04. The Morgan fingerprint density at radius 1 is 1.26 bits per heavy atom. The number of carbonyl (C=O) groups is 2. The van der Waals surface area contributed by atoms with Crippen LogP contribution in [0.4, 0.5) is 0 Å². The molecule has 6 nitrogen and oxygen atoms in total. The maximum atomic E-state index is 12.2. The molecule has 0 N–H and O–H groups in total. The second-order valence-corrected chi connectivity index (χ2v) is 7.26. The minimum Gasteiger partial charge on any atom is -0.455 e. The molecule has 0 radical (unpaired) electrons. The molecule has 3 aromatic rings. The van der Waals surface area contributed by atoms with Crippen molar-refractivity contribution in [3.05, 3.63) is 64.9 Å². The van der Waals surface area contributed by atoms with Gasteiger partial charge in [-0.15, -0.1) is 11.3 Å². The summed E-state index contributed by atoms with van der Waals surface area (Å²) in [5, 5.41) is 1.95. The molecule has 27 heavy (non-hydrogen) atoms. The van der Waals surface area contributed by atoms with Gasteiger partial charge in [0.15, 0.2) is 0 Å². The van der Waals surface area contributed by atoms with E-state index in [1.54, 1.807) is 12.1 Å². The Morgan fingerprint density at radius 3 is 2.81 bits per heavy atom. The Balaban J connectivity index is 1.32. The zero-order valence-corrected chi connectivity index (χ0v) is 15.4. The van der Waals surface area contributed by atoms with Gasteiger partial charge in [0.25, 0.3) is 0 Å². The summed E-state index contributed by atoms with van der Waals surface area (Å²) >= 11 is 1.53. The highest BCUT2D eigenvalue weighted by Gasteiger charge is 2.20. The number of ether oxygens (including phenoxy) is 1. The molecule has 0 unspecified atom stereocenters. The van der Waals surface area contributed by atoms with Crippen LogP contribution in [0.5, 0.6) is 0 Å². The van der Waals surface area contributed by atoms with Crippen LogP contribution in [0.25, 0.3) is 10.8 Å². The molecule has 1 fully saturated rings. The normalized spacial score (nSPS) is 13.9. The lowest BCUT2D eigenvalue weighted by atomic mass is 10.1. The van der Waals surface area contributed by atoms with Crippen LogP contribution >= 0.6 is 11.3 Å². The monoisotopic (exact) mass is 382 g/mol. The molecule has 1 aliphatic heterocycles. The summed E-state index contributed by atoms with van der Waals surface area (Å²) < 4.78 is 10.7. The first-order chi connectivity index (χ1) is 13.2. The number of rotatable bonds is 6. The number of hydrogen-bond acceptors (Lipinski definition) is 6. The second kappa shape index (κ2) is 7.75. The van der Waals surface area contributed by atoms with Crippen molar-refractivity contribution in [2.45, 2.75) is 26.0 Å². The van der Waals surface area contributed by atoms with Gasteiger partial charge in [0.1, 0.15) is 18.6 Å². The summed E-state index contributed by atoms with van der Waals surface area (Å²) in [6, 6.07) is 11.0. The first-order valence-corrected chi connectivity index (χ1v) is 9.59. The Kier molecular flexibility index (Phi) is 5.02. The van der Waals surface area contributed by atoms with E-state index in [0.717, 1.165) is 23.4 Å². The number of likely N-dealkylation sites (tertiary alicyclic amines) is 1. The molecule has 1 saturated heterocycles. The van der Waals surface area contributed by atoms with E-state index < -0.39 is 5.97 Å². The van der Waals surface area contributed by atoms with E-state index in [4.69, 9.17) is 9.15 Å². The lowest BCUT2D eigenvalue weighted by molar-refractivity contribution is -0.128. The molecule has 2 aromatic heterocycles. The molecule has 0 aliphatic carbocycles. The van der Waals surface area contributed by atoms with Gasteiger partial charge < -0.3 is 14.1 Å². The molecule has 0 spiro atoms. The van der Waals surface area contributed by atoms with Gasteiger partial charge in [0.05, 0.1) is 10.4 Å². The van der Waals surface area contributed by atoms with Crippen molar-refractivity contribution in [2.24, 2.45) is 0 Å². The van der Waals surface area contributed by atoms with Crippen LogP contribution in [0.1, 0.15) is 34.5 Å². The second-order valence-electron chi connectivity index (χ2n) is 6.31. The number of thiophene rings is 1. The molecule has 7 heteroatoms. The number of oxazole rings is 1. The molecule has 0 atom stereocenters. The first kappa shape index (κ1) is 17.5. The van der Waals surface area contributed by atoms with E-state index in [2.05, 4.69) is 4.98 Å². The van der Waals surface area contributed by atoms with E-state index in [9.17, 15) is 9.59 Å². The third-order valence-electron chi connectivity index (χ3n) is 4.37. The fraction of sp³-hybridized carbons (Fsp3) is 0.250. The Labute approximate surface area is 160 Å². The Hall–Kier alpha value is -2.93. The smallest absolute Gasteiger partial charge is 0.338 e. The molecule has 0 bridgehead atoms. The fourth-order valence-electron chi connectivity index (χ4n) is 2.95. The molecule has 3 heterocycles. The molecule has 0 saturated carbocycles. The van der Waals surface area contributed by atoms with E-state index in [0.29, 0.717) is 30.1 Å². The SMILES string of the molecule is O=C(OCc1coc(-c2cccs2)n1)c1ccc(CN2CCCC2=O)cc1. The first-order valence-electron chi connectivity index (χ1n) is 8.71. The predicted molar refractivity (Wildman–Crippen MR) is 100 cm³/mol. The largest absolute Gasteiger partial charge is 0.455 e. The molecule has 4 rings (SSSR count). The molecule has 138 valence electrons. The molecule has 1 amide bonds. The van der Waals surface area contributed by atoms with Crippen LogP contribution in [0, 0.1) is 0 Å². The minimum atomic E-state index is -0.417. The van der Waals surface area contributed by atoms with Crippen LogP contribution in [0.15, 0.2) is 52.5 Å². The molecular formula is C20H18N2O4S. The van der Waals surface area contributed by atoms with E-state index in [1.165, 1.54) is 17.6 Å². The quantitative estimate of drug-likeness (QED) is 0.605. The van der Waals surface area contributed by atoms with Gasteiger partial charge >= 0.3 is 5.97 Å². The fourth-order valence-corrected chi connectivity index (χ4v) is 3.60. The zero-order chi connectivity index (χ0) is 18.6. The topological polar surface area (TPSA) is 72.6 Å². The van der Waals surface area contributed by atoms with Crippen LogP contribution < -0.4 is 0 Å². The number of carbonyl (C=O) groups excluding carboxylic acids is 2. The number of aromatic nitrogens is 1. The number of benzene rings is 1. The predicted octanol–water partition coefficient (Wildman–Crippen LogP) is 3.88. The molecule has 1 aromatic carbocycles. The molecular weight excluding hydrogens is 364 g/mol. The summed E-state index contributed by atoms with van der Waals surface area (Å²) in [5.41, 5.74) is 2.03. The van der Waals surface area contributed by atoms with Crippen molar-refractivity contribution < 1.29 is 18.7 Å². The van der Waals surface area contributed by atoms with E-state index in [1.807, 2.05) is 34.5 Å². The highest BCUT2D eigenvalue weighted by molar-refractivity contribution is 7.13. The van der Waals surface area contributed by atoms with Crippen molar-refractivity contribution in [3.8, 4) is 10.8 Å². The minimum absolute atomic E-state index is 0.0533. The third-order valence-corrected chi connectivity index (χ3v) is 5.23. The number of amides is 1. The maximum Gasteiger partial charge on any atom is 0.338 e.